The number of carbonyl (C=O) groups excluding carboxylic acids is 1. The van der Waals surface area contributed by atoms with Crippen molar-refractivity contribution in [3.05, 3.63) is 0 Å². The van der Waals surface area contributed by atoms with Gasteiger partial charge in [0.1, 0.15) is 0 Å². The first-order valence-electron chi connectivity index (χ1n) is 4.46. The molecule has 1 aliphatic carbocycles. The molecule has 0 saturated heterocycles. The van der Waals surface area contributed by atoms with E-state index in [2.05, 4.69) is 11.4 Å². The van der Waals surface area contributed by atoms with Crippen LogP contribution in [0.25, 0.3) is 0 Å². The Bertz CT molecular complexity index is 224. The third-order valence-electron chi connectivity index (χ3n) is 2.30. The Labute approximate surface area is 82.9 Å². The number of amides is 1. The lowest BCUT2D eigenvalue weighted by atomic mass is 10.1. The van der Waals surface area contributed by atoms with Crippen LogP contribution in [-0.2, 0) is 4.79 Å². The van der Waals surface area contributed by atoms with E-state index in [9.17, 15) is 4.79 Å². The van der Waals surface area contributed by atoms with Gasteiger partial charge in [0.15, 0.2) is 0 Å². The van der Waals surface area contributed by atoms with Crippen LogP contribution in [0.2, 0.25) is 0 Å². The Morgan fingerprint density at radius 1 is 1.69 bits per heavy atom. The van der Waals surface area contributed by atoms with E-state index in [1.165, 1.54) is 11.8 Å². The maximum Gasteiger partial charge on any atom is 0.230 e. The maximum atomic E-state index is 11.2. The minimum atomic E-state index is 0.0332. The van der Waals surface area contributed by atoms with Gasteiger partial charge in [-0.05, 0) is 25.5 Å². The van der Waals surface area contributed by atoms with Crippen molar-refractivity contribution in [1.82, 2.24) is 5.32 Å². The van der Waals surface area contributed by atoms with Crippen molar-refractivity contribution >= 4 is 17.7 Å². The van der Waals surface area contributed by atoms with Crippen LogP contribution in [0.15, 0.2) is 0 Å². The molecule has 4 heteroatoms. The average molecular weight is 198 g/mol. The fourth-order valence-electron chi connectivity index (χ4n) is 1.67. The van der Waals surface area contributed by atoms with Gasteiger partial charge in [-0.25, -0.2) is 0 Å². The molecule has 1 N–H and O–H groups in total. The highest BCUT2D eigenvalue weighted by molar-refractivity contribution is 7.99. The summed E-state index contributed by atoms with van der Waals surface area (Å²) in [6.45, 7) is 0. The van der Waals surface area contributed by atoms with Gasteiger partial charge < -0.3 is 5.32 Å². The van der Waals surface area contributed by atoms with Crippen LogP contribution in [0.4, 0.5) is 0 Å². The van der Waals surface area contributed by atoms with Crippen LogP contribution >= 0.6 is 11.8 Å². The zero-order chi connectivity index (χ0) is 9.68. The lowest BCUT2D eigenvalue weighted by Gasteiger charge is -2.14. The fraction of sp³-hybridized carbons (Fsp3) is 0.778. The molecule has 1 saturated carbocycles. The molecule has 0 aromatic rings. The molecule has 13 heavy (non-hydrogen) atoms. The topological polar surface area (TPSA) is 52.9 Å². The van der Waals surface area contributed by atoms with Crippen LogP contribution in [0, 0.1) is 17.2 Å². The van der Waals surface area contributed by atoms with Crippen LogP contribution in [0.3, 0.4) is 0 Å². The van der Waals surface area contributed by atoms with E-state index in [0.717, 1.165) is 19.3 Å². The second-order valence-electron chi connectivity index (χ2n) is 3.27. The van der Waals surface area contributed by atoms with Crippen LogP contribution in [-0.4, -0.2) is 24.0 Å². The highest BCUT2D eigenvalue weighted by Gasteiger charge is 2.27. The maximum absolute atomic E-state index is 11.2. The molecule has 0 radical (unpaired) electrons. The average Bonchev–Trinajstić information content (AvgIpc) is 2.52. The molecular formula is C9H14N2OS. The van der Waals surface area contributed by atoms with Gasteiger partial charge in [-0.2, -0.15) is 17.0 Å². The third kappa shape index (κ3) is 2.92. The molecule has 0 aromatic carbocycles. The molecule has 0 aliphatic heterocycles. The summed E-state index contributed by atoms with van der Waals surface area (Å²) >= 11 is 1.51. The molecular weight excluding hydrogens is 184 g/mol. The van der Waals surface area contributed by atoms with Crippen molar-refractivity contribution in [2.75, 3.05) is 12.0 Å². The summed E-state index contributed by atoms with van der Waals surface area (Å²) in [6.07, 6.45) is 4.84. The summed E-state index contributed by atoms with van der Waals surface area (Å²) in [5.74, 6) is 0.583. The van der Waals surface area contributed by atoms with E-state index in [-0.39, 0.29) is 17.9 Å². The number of rotatable bonds is 3. The van der Waals surface area contributed by atoms with Crippen molar-refractivity contribution in [3.8, 4) is 6.07 Å². The quantitative estimate of drug-likeness (QED) is 0.740. The summed E-state index contributed by atoms with van der Waals surface area (Å²) in [5.41, 5.74) is 0. The molecule has 2 unspecified atom stereocenters. The smallest absolute Gasteiger partial charge is 0.230 e. The van der Waals surface area contributed by atoms with E-state index in [1.807, 2.05) is 6.26 Å². The van der Waals surface area contributed by atoms with Crippen molar-refractivity contribution in [2.24, 2.45) is 5.92 Å². The second kappa shape index (κ2) is 5.13. The van der Waals surface area contributed by atoms with Crippen molar-refractivity contribution in [1.29, 1.82) is 5.26 Å². The Morgan fingerprint density at radius 2 is 2.46 bits per heavy atom. The van der Waals surface area contributed by atoms with E-state index >= 15 is 0 Å². The van der Waals surface area contributed by atoms with Gasteiger partial charge >= 0.3 is 0 Å². The van der Waals surface area contributed by atoms with E-state index in [1.54, 1.807) is 0 Å². The first-order valence-corrected chi connectivity index (χ1v) is 5.85. The van der Waals surface area contributed by atoms with Crippen LogP contribution in [0.5, 0.6) is 0 Å². The van der Waals surface area contributed by atoms with Gasteiger partial charge in [0.25, 0.3) is 0 Å². The van der Waals surface area contributed by atoms with Gasteiger partial charge in [-0.3, -0.25) is 4.79 Å². The number of nitrogens with zero attached hydrogens (tertiary/aromatic N) is 1. The predicted molar refractivity (Wildman–Crippen MR) is 53.3 cm³/mol. The largest absolute Gasteiger partial charge is 0.351 e. The van der Waals surface area contributed by atoms with Crippen molar-refractivity contribution in [2.45, 2.75) is 25.3 Å². The van der Waals surface area contributed by atoms with Gasteiger partial charge in [-0.1, -0.05) is 0 Å². The molecule has 1 aliphatic rings. The standard InChI is InChI=1S/C9H14N2OS/c1-13-6-9(12)11-8-4-2-3-7(8)5-10/h7-8H,2-4,6H2,1H3,(H,11,12). The molecule has 0 spiro atoms. The van der Waals surface area contributed by atoms with Gasteiger partial charge in [0.2, 0.25) is 5.91 Å². The summed E-state index contributed by atoms with van der Waals surface area (Å²) in [7, 11) is 0. The van der Waals surface area contributed by atoms with E-state index in [4.69, 9.17) is 5.26 Å². The number of hydrogen-bond donors (Lipinski definition) is 1. The van der Waals surface area contributed by atoms with E-state index in [0.29, 0.717) is 5.75 Å². The lowest BCUT2D eigenvalue weighted by Crippen LogP contribution is -2.37. The minimum Gasteiger partial charge on any atom is -0.351 e. The van der Waals surface area contributed by atoms with E-state index < -0.39 is 0 Å². The number of nitriles is 1. The normalized spacial score (nSPS) is 26.8. The molecule has 3 nitrogen and oxygen atoms in total. The lowest BCUT2D eigenvalue weighted by molar-refractivity contribution is -0.119. The molecule has 0 heterocycles. The monoisotopic (exact) mass is 198 g/mol. The van der Waals surface area contributed by atoms with Crippen LogP contribution in [0.1, 0.15) is 19.3 Å². The van der Waals surface area contributed by atoms with Crippen molar-refractivity contribution < 1.29 is 4.79 Å². The molecule has 1 fully saturated rings. The number of thioether (sulfide) groups is 1. The molecule has 0 aromatic heterocycles. The summed E-state index contributed by atoms with van der Waals surface area (Å²) in [5, 5.41) is 11.7. The molecule has 1 rings (SSSR count). The first kappa shape index (κ1) is 10.4. The highest BCUT2D eigenvalue weighted by Crippen LogP contribution is 2.24. The van der Waals surface area contributed by atoms with Gasteiger partial charge in [-0.15, -0.1) is 0 Å². The van der Waals surface area contributed by atoms with Crippen LogP contribution < -0.4 is 5.32 Å². The van der Waals surface area contributed by atoms with Gasteiger partial charge in [0.05, 0.1) is 17.7 Å². The second-order valence-corrected chi connectivity index (χ2v) is 4.14. The third-order valence-corrected chi connectivity index (χ3v) is 2.85. The molecule has 1 amide bonds. The Morgan fingerprint density at radius 3 is 3.08 bits per heavy atom. The molecule has 0 bridgehead atoms. The number of carbonyl (C=O) groups is 1. The predicted octanol–water partition coefficient (Wildman–Crippen LogP) is 1.16. The SMILES string of the molecule is CSCC(=O)NC1CCCC1C#N. The Kier molecular flexibility index (Phi) is 4.10. The molecule has 2 atom stereocenters. The highest BCUT2D eigenvalue weighted by atomic mass is 32.2. The number of nitrogens with one attached hydrogen (secondary N) is 1. The Hall–Kier alpha value is -0.690. The zero-order valence-electron chi connectivity index (χ0n) is 7.75. The molecule has 72 valence electrons. The summed E-state index contributed by atoms with van der Waals surface area (Å²) in [6, 6.07) is 2.34. The Balaban J connectivity index is 2.36. The zero-order valence-corrected chi connectivity index (χ0v) is 8.56. The van der Waals surface area contributed by atoms with Gasteiger partial charge in [0, 0.05) is 6.04 Å². The first-order chi connectivity index (χ1) is 6.27. The number of hydrogen-bond acceptors (Lipinski definition) is 3. The minimum absolute atomic E-state index is 0.0332. The fourth-order valence-corrected chi connectivity index (χ4v) is 2.01. The summed E-state index contributed by atoms with van der Waals surface area (Å²) < 4.78 is 0. The van der Waals surface area contributed by atoms with Crippen molar-refractivity contribution in [3.63, 3.8) is 0 Å². The summed E-state index contributed by atoms with van der Waals surface area (Å²) in [4.78, 5) is 11.2.